The minimum Gasteiger partial charge on any atom is -0.497 e. The second kappa shape index (κ2) is 6.01. The highest BCUT2D eigenvalue weighted by Crippen LogP contribution is 2.29. The van der Waals surface area contributed by atoms with E-state index in [1.54, 1.807) is 24.9 Å². The fraction of sp³-hybridized carbons (Fsp3) is 0.214. The van der Waals surface area contributed by atoms with E-state index >= 15 is 0 Å². The number of hydrogen-bond acceptors (Lipinski definition) is 6. The Balaban J connectivity index is 1.80. The quantitative estimate of drug-likeness (QED) is 0.675. The number of fused-ring (bicyclic) bond motifs is 1. The van der Waals surface area contributed by atoms with Gasteiger partial charge in [-0.1, -0.05) is 11.8 Å². The van der Waals surface area contributed by atoms with Crippen LogP contribution < -0.4 is 9.47 Å². The van der Waals surface area contributed by atoms with Crippen molar-refractivity contribution < 1.29 is 9.47 Å². The van der Waals surface area contributed by atoms with Crippen molar-refractivity contribution in [1.82, 2.24) is 19.6 Å². The second-order valence-electron chi connectivity index (χ2n) is 4.23. The highest BCUT2D eigenvalue weighted by molar-refractivity contribution is 7.98. The molecule has 108 valence electrons. The molecule has 0 aliphatic rings. The van der Waals surface area contributed by atoms with Gasteiger partial charge in [-0.15, -0.1) is 5.10 Å². The summed E-state index contributed by atoms with van der Waals surface area (Å²) in [6.07, 6.45) is 3.52. The molecular weight excluding hydrogens is 288 g/mol. The van der Waals surface area contributed by atoms with Crippen LogP contribution in [0.15, 0.2) is 41.8 Å². The molecule has 0 saturated carbocycles. The van der Waals surface area contributed by atoms with Crippen LogP contribution in [0.3, 0.4) is 0 Å². The monoisotopic (exact) mass is 302 g/mol. The molecule has 0 unspecified atom stereocenters. The third kappa shape index (κ3) is 2.92. The Morgan fingerprint density at radius 1 is 1.24 bits per heavy atom. The van der Waals surface area contributed by atoms with Crippen LogP contribution in [0.1, 0.15) is 5.56 Å². The molecular formula is C14H14N4O2S. The molecule has 0 saturated heterocycles. The Morgan fingerprint density at radius 3 is 2.90 bits per heavy atom. The third-order valence-electron chi connectivity index (χ3n) is 2.94. The van der Waals surface area contributed by atoms with Crippen molar-refractivity contribution in [2.75, 3.05) is 14.2 Å². The van der Waals surface area contributed by atoms with Gasteiger partial charge in [0.1, 0.15) is 11.5 Å². The molecule has 0 fully saturated rings. The molecule has 0 amide bonds. The van der Waals surface area contributed by atoms with Crippen molar-refractivity contribution in [3.63, 3.8) is 0 Å². The van der Waals surface area contributed by atoms with Gasteiger partial charge in [-0.2, -0.15) is 4.98 Å². The van der Waals surface area contributed by atoms with Crippen LogP contribution in [0, 0.1) is 0 Å². The summed E-state index contributed by atoms with van der Waals surface area (Å²) in [5.41, 5.74) is 1.04. The molecule has 0 N–H and O–H groups in total. The average molecular weight is 302 g/mol. The van der Waals surface area contributed by atoms with Crippen molar-refractivity contribution in [1.29, 1.82) is 0 Å². The molecule has 3 rings (SSSR count). The van der Waals surface area contributed by atoms with Gasteiger partial charge in [0, 0.05) is 23.7 Å². The number of thioether (sulfide) groups is 1. The highest BCUT2D eigenvalue weighted by atomic mass is 32.2. The van der Waals surface area contributed by atoms with Gasteiger partial charge in [0.25, 0.3) is 5.78 Å². The second-order valence-corrected chi connectivity index (χ2v) is 5.17. The number of rotatable bonds is 5. The van der Waals surface area contributed by atoms with E-state index in [0.717, 1.165) is 17.1 Å². The maximum Gasteiger partial charge on any atom is 0.253 e. The Morgan fingerprint density at radius 2 is 2.14 bits per heavy atom. The van der Waals surface area contributed by atoms with Gasteiger partial charge in [0.05, 0.1) is 14.2 Å². The molecule has 0 aliphatic heterocycles. The standard InChI is InChI=1S/C14H14N4O2S/c1-19-11-4-5-12(20-2)10(8-11)9-21-14-16-13-15-6-3-7-18(13)17-14/h3-8H,9H2,1-2H3. The van der Waals surface area contributed by atoms with Crippen LogP contribution in [0.25, 0.3) is 5.78 Å². The molecule has 0 spiro atoms. The van der Waals surface area contributed by atoms with E-state index < -0.39 is 0 Å². The molecule has 0 radical (unpaired) electrons. The molecule has 2 aromatic heterocycles. The van der Waals surface area contributed by atoms with Crippen molar-refractivity contribution in [3.8, 4) is 11.5 Å². The number of hydrogen-bond donors (Lipinski definition) is 0. The lowest BCUT2D eigenvalue weighted by Crippen LogP contribution is -1.92. The summed E-state index contributed by atoms with van der Waals surface area (Å²) in [7, 11) is 3.30. The first-order chi connectivity index (χ1) is 10.3. The van der Waals surface area contributed by atoms with Crippen molar-refractivity contribution in [2.24, 2.45) is 0 Å². The van der Waals surface area contributed by atoms with Gasteiger partial charge < -0.3 is 9.47 Å². The summed E-state index contributed by atoms with van der Waals surface area (Å²) in [5.74, 6) is 2.91. The first-order valence-electron chi connectivity index (χ1n) is 6.31. The van der Waals surface area contributed by atoms with Crippen molar-refractivity contribution in [3.05, 3.63) is 42.2 Å². The van der Waals surface area contributed by atoms with Crippen LogP contribution in [-0.2, 0) is 5.75 Å². The molecule has 3 aromatic rings. The zero-order valence-corrected chi connectivity index (χ0v) is 12.5. The third-order valence-corrected chi connectivity index (χ3v) is 3.83. The predicted molar refractivity (Wildman–Crippen MR) is 79.9 cm³/mol. The number of aromatic nitrogens is 4. The van der Waals surface area contributed by atoms with Crippen LogP contribution in [0.4, 0.5) is 0 Å². The largest absolute Gasteiger partial charge is 0.497 e. The van der Waals surface area contributed by atoms with Gasteiger partial charge in [-0.25, -0.2) is 9.50 Å². The van der Waals surface area contributed by atoms with E-state index in [1.807, 2.05) is 30.5 Å². The minimum absolute atomic E-state index is 0.595. The summed E-state index contributed by atoms with van der Waals surface area (Å²) >= 11 is 1.53. The fourth-order valence-electron chi connectivity index (χ4n) is 1.91. The van der Waals surface area contributed by atoms with Gasteiger partial charge in [0.15, 0.2) is 0 Å². The molecule has 0 atom stereocenters. The topological polar surface area (TPSA) is 61.5 Å². The van der Waals surface area contributed by atoms with E-state index in [1.165, 1.54) is 11.8 Å². The highest BCUT2D eigenvalue weighted by Gasteiger charge is 2.09. The summed E-state index contributed by atoms with van der Waals surface area (Å²) in [5, 5.41) is 5.04. The van der Waals surface area contributed by atoms with E-state index in [4.69, 9.17) is 9.47 Å². The maximum absolute atomic E-state index is 5.36. The summed E-state index contributed by atoms with van der Waals surface area (Å²) < 4.78 is 12.3. The zero-order valence-electron chi connectivity index (χ0n) is 11.7. The lowest BCUT2D eigenvalue weighted by molar-refractivity contribution is 0.400. The van der Waals surface area contributed by atoms with Crippen LogP contribution in [-0.4, -0.2) is 33.8 Å². The lowest BCUT2D eigenvalue weighted by atomic mass is 10.2. The first kappa shape index (κ1) is 13.7. The summed E-state index contributed by atoms with van der Waals surface area (Å²) in [4.78, 5) is 8.51. The molecule has 7 heteroatoms. The van der Waals surface area contributed by atoms with E-state index in [0.29, 0.717) is 16.7 Å². The normalized spacial score (nSPS) is 10.8. The van der Waals surface area contributed by atoms with Crippen LogP contribution in [0.2, 0.25) is 0 Å². The fourth-order valence-corrected chi connectivity index (χ4v) is 2.71. The van der Waals surface area contributed by atoms with E-state index in [2.05, 4.69) is 15.1 Å². The maximum atomic E-state index is 5.36. The molecule has 21 heavy (non-hydrogen) atoms. The predicted octanol–water partition coefficient (Wildman–Crippen LogP) is 2.43. The summed E-state index contributed by atoms with van der Waals surface area (Å²) in [6.45, 7) is 0. The van der Waals surface area contributed by atoms with Gasteiger partial charge >= 0.3 is 0 Å². The Hall–Kier alpha value is -2.28. The zero-order chi connectivity index (χ0) is 14.7. The molecule has 2 heterocycles. The number of methoxy groups -OCH3 is 2. The lowest BCUT2D eigenvalue weighted by Gasteiger charge is -2.09. The van der Waals surface area contributed by atoms with Gasteiger partial charge in [-0.05, 0) is 24.3 Å². The summed E-state index contributed by atoms with van der Waals surface area (Å²) in [6, 6.07) is 7.55. The van der Waals surface area contributed by atoms with Crippen molar-refractivity contribution in [2.45, 2.75) is 10.9 Å². The number of ether oxygens (including phenoxy) is 2. The first-order valence-corrected chi connectivity index (χ1v) is 7.30. The number of benzene rings is 1. The molecule has 6 nitrogen and oxygen atoms in total. The van der Waals surface area contributed by atoms with Crippen molar-refractivity contribution >= 4 is 17.5 Å². The van der Waals surface area contributed by atoms with Gasteiger partial charge in [0.2, 0.25) is 5.16 Å². The van der Waals surface area contributed by atoms with Crippen LogP contribution in [0.5, 0.6) is 11.5 Å². The molecule has 1 aromatic carbocycles. The Labute approximate surface area is 126 Å². The molecule has 0 aliphatic carbocycles. The SMILES string of the molecule is COc1ccc(OC)c(CSc2nc3ncccn3n2)c1. The smallest absolute Gasteiger partial charge is 0.253 e. The van der Waals surface area contributed by atoms with Crippen LogP contribution >= 0.6 is 11.8 Å². The van der Waals surface area contributed by atoms with E-state index in [9.17, 15) is 0 Å². The molecule has 0 bridgehead atoms. The average Bonchev–Trinajstić information content (AvgIpc) is 2.95. The Bertz CT molecular complexity index is 727. The van der Waals surface area contributed by atoms with E-state index in [-0.39, 0.29) is 0 Å². The minimum atomic E-state index is 0.595. The Kier molecular flexibility index (Phi) is 3.92. The number of nitrogens with zero attached hydrogens (tertiary/aromatic N) is 4. The van der Waals surface area contributed by atoms with Gasteiger partial charge in [-0.3, -0.25) is 0 Å².